The third-order valence-corrected chi connectivity index (χ3v) is 6.31. The van der Waals surface area contributed by atoms with Gasteiger partial charge >= 0.3 is 0 Å². The molecule has 1 atom stereocenters. The van der Waals surface area contributed by atoms with Crippen LogP contribution in [-0.2, 0) is 12.8 Å². The van der Waals surface area contributed by atoms with E-state index in [-0.39, 0.29) is 0 Å². The van der Waals surface area contributed by atoms with Crippen LogP contribution in [-0.4, -0.2) is 65.4 Å². The van der Waals surface area contributed by atoms with Gasteiger partial charge in [-0.1, -0.05) is 55.0 Å². The fraction of sp³-hybridized carbons (Fsp3) is 0.429. The van der Waals surface area contributed by atoms with E-state index in [4.69, 9.17) is 14.7 Å². The summed E-state index contributed by atoms with van der Waals surface area (Å²) in [5.74, 6) is 2.69. The summed E-state index contributed by atoms with van der Waals surface area (Å²) in [5.41, 5.74) is 4.94. The first kappa shape index (κ1) is 24.2. The summed E-state index contributed by atoms with van der Waals surface area (Å²) >= 11 is 0. The highest BCUT2D eigenvalue weighted by Crippen LogP contribution is 2.26. The number of aliphatic hydroxyl groups excluding tert-OH is 1. The first-order valence-electron chi connectivity index (χ1n) is 12.3. The van der Waals surface area contributed by atoms with Crippen LogP contribution in [0.15, 0.2) is 54.6 Å². The maximum atomic E-state index is 10.5. The predicted molar refractivity (Wildman–Crippen MR) is 137 cm³/mol. The van der Waals surface area contributed by atoms with E-state index >= 15 is 0 Å². The van der Waals surface area contributed by atoms with Gasteiger partial charge in [-0.25, -0.2) is 9.97 Å². The summed E-state index contributed by atoms with van der Waals surface area (Å²) in [5, 5.41) is 10.5. The molecule has 2 aromatic carbocycles. The fourth-order valence-corrected chi connectivity index (χ4v) is 4.60. The molecule has 1 fully saturated rings. The van der Waals surface area contributed by atoms with Gasteiger partial charge in [-0.05, 0) is 38.0 Å². The lowest BCUT2D eigenvalue weighted by atomic mass is 10.0. The molecule has 6 nitrogen and oxygen atoms in total. The third kappa shape index (κ3) is 6.33. The Morgan fingerprint density at radius 3 is 2.44 bits per heavy atom. The van der Waals surface area contributed by atoms with E-state index < -0.39 is 6.10 Å². The standard InChI is InChI=1S/C28H36N4O2/c1-4-27-26(18-23-10-8-9-21(2)17-23)28(30-22(3)29-27)32-15-13-31(14-16-32)19-24(33)20-34-25-11-6-5-7-12-25/h5-12,17,24,33H,4,13-16,18-20H2,1-3H3. The second-order valence-electron chi connectivity index (χ2n) is 9.10. The Morgan fingerprint density at radius 2 is 1.74 bits per heavy atom. The maximum Gasteiger partial charge on any atom is 0.136 e. The Balaban J connectivity index is 1.40. The van der Waals surface area contributed by atoms with Crippen molar-refractivity contribution in [3.8, 4) is 5.75 Å². The van der Waals surface area contributed by atoms with Crippen LogP contribution in [0.5, 0.6) is 5.75 Å². The number of β-amino-alcohol motifs (C(OH)–C–C–N with tert-alkyl or cyclic N) is 1. The van der Waals surface area contributed by atoms with E-state index in [0.29, 0.717) is 13.2 Å². The molecule has 0 bridgehead atoms. The molecule has 3 aromatic rings. The number of nitrogens with zero attached hydrogens (tertiary/aromatic N) is 4. The van der Waals surface area contributed by atoms with Crippen LogP contribution in [0.2, 0.25) is 0 Å². The van der Waals surface area contributed by atoms with Crippen LogP contribution in [0.1, 0.15) is 35.1 Å². The number of benzene rings is 2. The highest BCUT2D eigenvalue weighted by Gasteiger charge is 2.24. The fourth-order valence-electron chi connectivity index (χ4n) is 4.60. The van der Waals surface area contributed by atoms with Crippen LogP contribution in [0, 0.1) is 13.8 Å². The Hall–Kier alpha value is -2.96. The van der Waals surface area contributed by atoms with Gasteiger partial charge in [0.05, 0.1) is 0 Å². The number of anilines is 1. The molecule has 2 heterocycles. The summed E-state index contributed by atoms with van der Waals surface area (Å²) < 4.78 is 5.72. The van der Waals surface area contributed by atoms with Gasteiger partial charge in [0.2, 0.25) is 0 Å². The Bertz CT molecular complexity index is 1070. The summed E-state index contributed by atoms with van der Waals surface area (Å²) in [6, 6.07) is 18.3. The van der Waals surface area contributed by atoms with Crippen molar-refractivity contribution in [2.75, 3.05) is 44.2 Å². The van der Waals surface area contributed by atoms with Crippen LogP contribution in [0.25, 0.3) is 0 Å². The van der Waals surface area contributed by atoms with Crippen molar-refractivity contribution in [1.82, 2.24) is 14.9 Å². The second kappa shape index (κ2) is 11.4. The van der Waals surface area contributed by atoms with Gasteiger partial charge in [0.1, 0.15) is 30.1 Å². The molecule has 6 heteroatoms. The van der Waals surface area contributed by atoms with Crippen LogP contribution in [0.3, 0.4) is 0 Å². The van der Waals surface area contributed by atoms with E-state index in [2.05, 4.69) is 47.9 Å². The lowest BCUT2D eigenvalue weighted by molar-refractivity contribution is 0.0662. The van der Waals surface area contributed by atoms with Crippen molar-refractivity contribution in [1.29, 1.82) is 0 Å². The zero-order valence-electron chi connectivity index (χ0n) is 20.6. The molecule has 1 saturated heterocycles. The second-order valence-corrected chi connectivity index (χ2v) is 9.10. The van der Waals surface area contributed by atoms with Gasteiger partial charge in [-0.15, -0.1) is 0 Å². The lowest BCUT2D eigenvalue weighted by Crippen LogP contribution is -2.49. The van der Waals surface area contributed by atoms with Gasteiger partial charge in [0.25, 0.3) is 0 Å². The molecule has 1 N–H and O–H groups in total. The zero-order valence-corrected chi connectivity index (χ0v) is 20.6. The van der Waals surface area contributed by atoms with Crippen molar-refractivity contribution in [2.45, 2.75) is 39.7 Å². The van der Waals surface area contributed by atoms with Crippen molar-refractivity contribution < 1.29 is 9.84 Å². The molecule has 0 amide bonds. The molecule has 1 aliphatic heterocycles. The largest absolute Gasteiger partial charge is 0.491 e. The van der Waals surface area contributed by atoms with E-state index in [1.165, 1.54) is 16.7 Å². The van der Waals surface area contributed by atoms with E-state index in [0.717, 1.165) is 62.1 Å². The average molecular weight is 461 g/mol. The first-order valence-corrected chi connectivity index (χ1v) is 12.3. The van der Waals surface area contributed by atoms with E-state index in [1.807, 2.05) is 37.3 Å². The topological polar surface area (TPSA) is 61.7 Å². The molecule has 0 radical (unpaired) electrons. The summed E-state index contributed by atoms with van der Waals surface area (Å²) in [4.78, 5) is 14.4. The Kier molecular flexibility index (Phi) is 8.14. The van der Waals surface area contributed by atoms with E-state index in [1.54, 1.807) is 0 Å². The molecule has 34 heavy (non-hydrogen) atoms. The SMILES string of the molecule is CCc1nc(C)nc(N2CCN(CC(O)COc3ccccc3)CC2)c1Cc1cccc(C)c1. The van der Waals surface area contributed by atoms with Crippen LogP contribution in [0.4, 0.5) is 5.82 Å². The van der Waals surface area contributed by atoms with Crippen molar-refractivity contribution in [3.63, 3.8) is 0 Å². The molecule has 4 rings (SSSR count). The summed E-state index contributed by atoms with van der Waals surface area (Å²) in [6.07, 6.45) is 1.22. The number of rotatable bonds is 9. The van der Waals surface area contributed by atoms with Crippen LogP contribution < -0.4 is 9.64 Å². The monoisotopic (exact) mass is 460 g/mol. The minimum absolute atomic E-state index is 0.301. The molecular weight excluding hydrogens is 424 g/mol. The molecule has 1 aromatic heterocycles. The minimum atomic E-state index is -0.517. The number of para-hydroxylation sites is 1. The number of piperazine rings is 1. The van der Waals surface area contributed by atoms with E-state index in [9.17, 15) is 5.11 Å². The highest BCUT2D eigenvalue weighted by molar-refractivity contribution is 5.52. The smallest absolute Gasteiger partial charge is 0.136 e. The third-order valence-electron chi connectivity index (χ3n) is 6.31. The molecular formula is C28H36N4O2. The maximum absolute atomic E-state index is 10.5. The first-order chi connectivity index (χ1) is 16.5. The van der Waals surface area contributed by atoms with Gasteiger partial charge in [0.15, 0.2) is 0 Å². The average Bonchev–Trinajstić information content (AvgIpc) is 2.85. The Morgan fingerprint density at radius 1 is 0.971 bits per heavy atom. The quantitative estimate of drug-likeness (QED) is 0.524. The number of ether oxygens (including phenoxy) is 1. The molecule has 180 valence electrons. The molecule has 0 saturated carbocycles. The number of hydrogen-bond acceptors (Lipinski definition) is 6. The number of aliphatic hydroxyl groups is 1. The molecule has 1 unspecified atom stereocenters. The number of aryl methyl sites for hydroxylation is 3. The van der Waals surface area contributed by atoms with Gasteiger partial charge in [-0.2, -0.15) is 0 Å². The van der Waals surface area contributed by atoms with Crippen molar-refractivity contribution in [3.05, 3.63) is 82.8 Å². The zero-order chi connectivity index (χ0) is 23.9. The molecule has 1 aliphatic rings. The summed E-state index contributed by atoms with van der Waals surface area (Å²) in [7, 11) is 0. The van der Waals surface area contributed by atoms with Crippen molar-refractivity contribution in [2.24, 2.45) is 0 Å². The summed E-state index contributed by atoms with van der Waals surface area (Å²) in [6.45, 7) is 10.7. The molecule has 0 aliphatic carbocycles. The van der Waals surface area contributed by atoms with Gasteiger partial charge < -0.3 is 14.7 Å². The normalized spacial score (nSPS) is 15.4. The van der Waals surface area contributed by atoms with Gasteiger partial charge in [0, 0.05) is 50.4 Å². The lowest BCUT2D eigenvalue weighted by Gasteiger charge is -2.37. The highest BCUT2D eigenvalue weighted by atomic mass is 16.5. The minimum Gasteiger partial charge on any atom is -0.491 e. The van der Waals surface area contributed by atoms with Gasteiger partial charge in [-0.3, -0.25) is 4.90 Å². The van der Waals surface area contributed by atoms with Crippen LogP contribution >= 0.6 is 0 Å². The predicted octanol–water partition coefficient (Wildman–Crippen LogP) is 3.81. The number of hydrogen-bond donors (Lipinski definition) is 1. The van der Waals surface area contributed by atoms with Crippen molar-refractivity contribution >= 4 is 5.82 Å². The molecule has 0 spiro atoms. The number of aromatic nitrogens is 2. The Labute approximate surface area is 203 Å².